The Hall–Kier alpha value is -0.463. The molecule has 0 radical (unpaired) electrons. The molecule has 0 saturated heterocycles. The van der Waals surface area contributed by atoms with E-state index in [4.69, 9.17) is 0 Å². The van der Waals surface area contributed by atoms with Gasteiger partial charge in [-0.05, 0) is 94.2 Å². The van der Waals surface area contributed by atoms with E-state index in [0.717, 1.165) is 0 Å². The summed E-state index contributed by atoms with van der Waals surface area (Å²) in [5.41, 5.74) is 5.86. The van der Waals surface area contributed by atoms with Crippen molar-refractivity contribution in [1.82, 2.24) is 0 Å². The van der Waals surface area contributed by atoms with Crippen LogP contribution in [0.2, 0.25) is 13.1 Å². The molecular formula is C22H24S4Si. The number of hydrogen-bond donors (Lipinski definition) is 0. The van der Waals surface area contributed by atoms with Gasteiger partial charge in [0, 0.05) is 19.6 Å². The van der Waals surface area contributed by atoms with E-state index in [9.17, 15) is 0 Å². The average Bonchev–Trinajstić information content (AvgIpc) is 3.39. The number of thioether (sulfide) groups is 4. The highest BCUT2D eigenvalue weighted by Gasteiger charge is 2.40. The highest BCUT2D eigenvalue weighted by Crippen LogP contribution is 2.51. The standard InChI is InChI=1S/C22H24S4Si/c1-23-13-7-15-17(9-13)21(11-19(15)25-3)27(5,6)22-12-20(26-4)16-8-14(24-2)10-18(16)22/h7-12H,1-6H3. The molecule has 0 aliphatic heterocycles. The highest BCUT2D eigenvalue weighted by atomic mass is 32.2. The molecule has 0 nitrogen and oxygen atoms in total. The second-order valence-corrected chi connectivity index (χ2v) is 15.1. The Kier molecular flexibility index (Phi) is 5.45. The fraction of sp³-hybridized carbons (Fsp3) is 0.273. The smallest absolute Gasteiger partial charge is 0.113 e. The van der Waals surface area contributed by atoms with Crippen molar-refractivity contribution in [2.45, 2.75) is 13.1 Å². The second-order valence-electron chi connectivity index (χ2n) is 7.32. The predicted octanol–water partition coefficient (Wildman–Crippen LogP) is 7.26. The lowest BCUT2D eigenvalue weighted by atomic mass is 10.2. The Morgan fingerprint density at radius 1 is 0.556 bits per heavy atom. The lowest BCUT2D eigenvalue weighted by molar-refractivity contribution is 1.56. The molecule has 27 heavy (non-hydrogen) atoms. The Morgan fingerprint density at radius 2 is 0.963 bits per heavy atom. The van der Waals surface area contributed by atoms with Gasteiger partial charge in [0.05, 0.1) is 0 Å². The summed E-state index contributed by atoms with van der Waals surface area (Å²) in [4.78, 5) is 5.64. The summed E-state index contributed by atoms with van der Waals surface area (Å²) in [7, 11) is -1.82. The van der Waals surface area contributed by atoms with E-state index in [1.807, 2.05) is 47.0 Å². The van der Waals surface area contributed by atoms with Crippen LogP contribution in [0.15, 0.2) is 88.8 Å². The lowest BCUT2D eigenvalue weighted by Gasteiger charge is -2.26. The number of rotatable bonds is 6. The number of hydrogen-bond acceptors (Lipinski definition) is 4. The molecule has 5 heteroatoms. The van der Waals surface area contributed by atoms with Gasteiger partial charge in [-0.2, -0.15) is 0 Å². The van der Waals surface area contributed by atoms with Crippen LogP contribution in [0.5, 0.6) is 0 Å². The molecule has 0 amide bonds. The molecule has 0 aromatic heterocycles. The minimum absolute atomic E-state index is 1.39. The van der Waals surface area contributed by atoms with Gasteiger partial charge in [0.2, 0.25) is 0 Å². The van der Waals surface area contributed by atoms with Crippen LogP contribution in [0.1, 0.15) is 0 Å². The molecule has 0 spiro atoms. The molecule has 0 fully saturated rings. The summed E-state index contributed by atoms with van der Waals surface area (Å²) in [5, 5.41) is 3.18. The van der Waals surface area contributed by atoms with E-state index in [2.05, 4.69) is 74.6 Å². The summed E-state index contributed by atoms with van der Waals surface area (Å²) in [6.07, 6.45) is 23.3. The SMILES string of the molecule is CSC1=CC2=C([Si](C)(C)C3=C4C=C(SC)C=C4C(SC)=C3)C=C(SC)C2=C1. The summed E-state index contributed by atoms with van der Waals surface area (Å²) < 4.78 is 0. The zero-order chi connectivity index (χ0) is 19.3. The summed E-state index contributed by atoms with van der Waals surface area (Å²) in [5.74, 6) is 0. The molecule has 0 N–H and O–H groups in total. The van der Waals surface area contributed by atoms with E-state index in [1.165, 1.54) is 41.9 Å². The van der Waals surface area contributed by atoms with Gasteiger partial charge in [-0.15, -0.1) is 47.0 Å². The first-order valence-electron chi connectivity index (χ1n) is 8.91. The fourth-order valence-electron chi connectivity index (χ4n) is 4.14. The summed E-state index contributed by atoms with van der Waals surface area (Å²) >= 11 is 7.46. The normalized spacial score (nSPS) is 21.1. The van der Waals surface area contributed by atoms with Gasteiger partial charge in [-0.25, -0.2) is 0 Å². The topological polar surface area (TPSA) is 0 Å². The molecule has 4 aliphatic carbocycles. The average molecular weight is 445 g/mol. The van der Waals surface area contributed by atoms with E-state index in [0.29, 0.717) is 0 Å². The molecule has 0 aromatic rings. The number of allylic oxidation sites excluding steroid dienone is 12. The van der Waals surface area contributed by atoms with E-state index in [-0.39, 0.29) is 0 Å². The van der Waals surface area contributed by atoms with Crippen molar-refractivity contribution in [3.63, 3.8) is 0 Å². The van der Waals surface area contributed by atoms with Crippen LogP contribution in [0.4, 0.5) is 0 Å². The van der Waals surface area contributed by atoms with Crippen molar-refractivity contribution in [1.29, 1.82) is 0 Å². The molecule has 140 valence electrons. The van der Waals surface area contributed by atoms with Crippen molar-refractivity contribution < 1.29 is 0 Å². The van der Waals surface area contributed by atoms with Crippen molar-refractivity contribution >= 4 is 55.1 Å². The summed E-state index contributed by atoms with van der Waals surface area (Å²) in [6, 6.07) is 0. The largest absolute Gasteiger partial charge is 0.130 e. The zero-order valence-corrected chi connectivity index (χ0v) is 20.9. The molecule has 4 aliphatic rings. The van der Waals surface area contributed by atoms with Crippen molar-refractivity contribution in [2.24, 2.45) is 0 Å². The Morgan fingerprint density at radius 3 is 1.30 bits per heavy atom. The van der Waals surface area contributed by atoms with Crippen molar-refractivity contribution in [3.05, 3.63) is 88.8 Å². The van der Waals surface area contributed by atoms with Gasteiger partial charge >= 0.3 is 0 Å². The molecule has 0 saturated carbocycles. The quantitative estimate of drug-likeness (QED) is 0.395. The maximum Gasteiger partial charge on any atom is 0.113 e. The molecular weight excluding hydrogens is 421 g/mol. The Balaban J connectivity index is 1.87. The van der Waals surface area contributed by atoms with Gasteiger partial charge in [0.15, 0.2) is 0 Å². The predicted molar refractivity (Wildman–Crippen MR) is 134 cm³/mol. The first kappa shape index (κ1) is 19.8. The van der Waals surface area contributed by atoms with Crippen molar-refractivity contribution in [2.75, 3.05) is 25.0 Å². The van der Waals surface area contributed by atoms with Gasteiger partial charge in [0.25, 0.3) is 0 Å². The number of fused-ring (bicyclic) bond motifs is 2. The zero-order valence-electron chi connectivity index (χ0n) is 16.6. The van der Waals surface area contributed by atoms with Gasteiger partial charge in [-0.1, -0.05) is 13.1 Å². The Labute approximate surface area is 181 Å². The third-order valence-corrected chi connectivity index (χ3v) is 12.1. The van der Waals surface area contributed by atoms with E-state index < -0.39 is 8.07 Å². The van der Waals surface area contributed by atoms with E-state index >= 15 is 0 Å². The molecule has 4 rings (SSSR count). The van der Waals surface area contributed by atoms with E-state index in [1.54, 1.807) is 10.4 Å². The third kappa shape index (κ3) is 3.10. The first-order chi connectivity index (χ1) is 12.9. The fourth-order valence-corrected chi connectivity index (χ4v) is 9.60. The Bertz CT molecular complexity index is 900. The maximum absolute atomic E-state index is 2.53. The minimum atomic E-state index is -1.82. The van der Waals surface area contributed by atoms with Crippen LogP contribution >= 0.6 is 47.0 Å². The second kappa shape index (κ2) is 7.41. The molecule has 0 aromatic carbocycles. The van der Waals surface area contributed by atoms with Crippen LogP contribution in [0.3, 0.4) is 0 Å². The maximum atomic E-state index is 2.53. The lowest BCUT2D eigenvalue weighted by Crippen LogP contribution is -2.31. The summed E-state index contributed by atoms with van der Waals surface area (Å²) in [6.45, 7) is 5.06. The monoisotopic (exact) mass is 444 g/mol. The van der Waals surface area contributed by atoms with Gasteiger partial charge in [-0.3, -0.25) is 0 Å². The minimum Gasteiger partial charge on any atom is -0.130 e. The van der Waals surface area contributed by atoms with Crippen LogP contribution in [0.25, 0.3) is 0 Å². The van der Waals surface area contributed by atoms with Crippen LogP contribution in [0, 0.1) is 0 Å². The van der Waals surface area contributed by atoms with Crippen molar-refractivity contribution in [3.8, 4) is 0 Å². The van der Waals surface area contributed by atoms with Crippen LogP contribution < -0.4 is 0 Å². The molecule has 0 unspecified atom stereocenters. The molecule has 0 bridgehead atoms. The van der Waals surface area contributed by atoms with Crippen LogP contribution in [-0.4, -0.2) is 33.1 Å². The first-order valence-corrected chi connectivity index (χ1v) is 16.8. The molecule has 0 atom stereocenters. The van der Waals surface area contributed by atoms with Gasteiger partial charge in [0.1, 0.15) is 8.07 Å². The molecule has 0 heterocycles. The van der Waals surface area contributed by atoms with Gasteiger partial charge < -0.3 is 0 Å². The third-order valence-electron chi connectivity index (χ3n) is 5.65. The highest BCUT2D eigenvalue weighted by molar-refractivity contribution is 8.03. The van der Waals surface area contributed by atoms with Crippen LogP contribution in [-0.2, 0) is 0 Å².